The van der Waals surface area contributed by atoms with Crippen molar-refractivity contribution in [1.82, 2.24) is 0 Å². The van der Waals surface area contributed by atoms with E-state index >= 15 is 0 Å². The monoisotopic (exact) mass is 264 g/mol. The highest BCUT2D eigenvalue weighted by atomic mass is 16.5. The molecule has 0 spiro atoms. The number of benzene rings is 1. The standard InChI is InChI=1S/C16H24O3/c1-11-5-6-16(17,10-12(11)2)13-7-14(18-3)9-15(8-13)19-4/h7-9,11-12,17H,5-6,10H2,1-4H3. The Hall–Kier alpha value is -1.22. The van der Waals surface area contributed by atoms with Crippen LogP contribution in [0.15, 0.2) is 18.2 Å². The maximum atomic E-state index is 11.0. The van der Waals surface area contributed by atoms with Crippen LogP contribution in [0.1, 0.15) is 38.7 Å². The summed E-state index contributed by atoms with van der Waals surface area (Å²) in [6.07, 6.45) is 2.65. The fourth-order valence-electron chi connectivity index (χ4n) is 2.93. The van der Waals surface area contributed by atoms with Crippen molar-refractivity contribution >= 4 is 0 Å². The lowest BCUT2D eigenvalue weighted by atomic mass is 9.70. The lowest BCUT2D eigenvalue weighted by Crippen LogP contribution is -2.35. The van der Waals surface area contributed by atoms with Crippen LogP contribution in [0.5, 0.6) is 11.5 Å². The van der Waals surface area contributed by atoms with E-state index in [9.17, 15) is 5.11 Å². The summed E-state index contributed by atoms with van der Waals surface area (Å²) in [6, 6.07) is 5.68. The van der Waals surface area contributed by atoms with Crippen molar-refractivity contribution in [2.75, 3.05) is 14.2 Å². The largest absolute Gasteiger partial charge is 0.497 e. The predicted molar refractivity (Wildman–Crippen MR) is 75.6 cm³/mol. The molecule has 3 nitrogen and oxygen atoms in total. The van der Waals surface area contributed by atoms with Crippen LogP contribution < -0.4 is 9.47 Å². The zero-order valence-electron chi connectivity index (χ0n) is 12.3. The molecule has 3 atom stereocenters. The first-order valence-electron chi connectivity index (χ1n) is 6.94. The first-order valence-corrected chi connectivity index (χ1v) is 6.94. The van der Waals surface area contributed by atoms with E-state index in [-0.39, 0.29) is 0 Å². The van der Waals surface area contributed by atoms with Gasteiger partial charge in [0.1, 0.15) is 11.5 Å². The second-order valence-electron chi connectivity index (χ2n) is 5.83. The van der Waals surface area contributed by atoms with Gasteiger partial charge in [0, 0.05) is 6.07 Å². The van der Waals surface area contributed by atoms with Gasteiger partial charge < -0.3 is 14.6 Å². The molecule has 0 saturated heterocycles. The van der Waals surface area contributed by atoms with Gasteiger partial charge in [-0.15, -0.1) is 0 Å². The van der Waals surface area contributed by atoms with Gasteiger partial charge in [0.25, 0.3) is 0 Å². The van der Waals surface area contributed by atoms with E-state index < -0.39 is 5.60 Å². The Morgan fingerprint density at radius 1 is 1.05 bits per heavy atom. The Kier molecular flexibility index (Phi) is 4.04. The lowest BCUT2D eigenvalue weighted by Gasteiger charge is -2.39. The van der Waals surface area contributed by atoms with Crippen LogP contribution in [0.25, 0.3) is 0 Å². The number of aliphatic hydroxyl groups is 1. The predicted octanol–water partition coefficient (Wildman–Crippen LogP) is 3.35. The highest BCUT2D eigenvalue weighted by Crippen LogP contribution is 2.44. The van der Waals surface area contributed by atoms with E-state index in [4.69, 9.17) is 9.47 Å². The van der Waals surface area contributed by atoms with Crippen molar-refractivity contribution in [2.45, 2.75) is 38.7 Å². The molecular weight excluding hydrogens is 240 g/mol. The maximum Gasteiger partial charge on any atom is 0.122 e. The lowest BCUT2D eigenvalue weighted by molar-refractivity contribution is -0.0338. The molecular formula is C16H24O3. The minimum Gasteiger partial charge on any atom is -0.497 e. The molecule has 3 unspecified atom stereocenters. The van der Waals surface area contributed by atoms with Crippen LogP contribution in [0.4, 0.5) is 0 Å². The van der Waals surface area contributed by atoms with Crippen LogP contribution in [0.3, 0.4) is 0 Å². The van der Waals surface area contributed by atoms with Gasteiger partial charge in [0.05, 0.1) is 19.8 Å². The molecule has 19 heavy (non-hydrogen) atoms. The van der Waals surface area contributed by atoms with Gasteiger partial charge in [-0.3, -0.25) is 0 Å². The second-order valence-corrected chi connectivity index (χ2v) is 5.83. The summed E-state index contributed by atoms with van der Waals surface area (Å²) in [7, 11) is 3.27. The first kappa shape index (κ1) is 14.2. The van der Waals surface area contributed by atoms with Crippen molar-refractivity contribution < 1.29 is 14.6 Å². The summed E-state index contributed by atoms with van der Waals surface area (Å²) >= 11 is 0. The van der Waals surface area contributed by atoms with Crippen LogP contribution in [0, 0.1) is 11.8 Å². The minimum absolute atomic E-state index is 0.524. The van der Waals surface area contributed by atoms with Crippen molar-refractivity contribution in [3.63, 3.8) is 0 Å². The van der Waals surface area contributed by atoms with Crippen LogP contribution in [0.2, 0.25) is 0 Å². The number of ether oxygens (including phenoxy) is 2. The van der Waals surface area contributed by atoms with E-state index in [1.54, 1.807) is 14.2 Å². The number of rotatable bonds is 3. The quantitative estimate of drug-likeness (QED) is 0.910. The average molecular weight is 264 g/mol. The Labute approximate surface area is 115 Å². The van der Waals surface area contributed by atoms with Gasteiger partial charge in [0.2, 0.25) is 0 Å². The summed E-state index contributed by atoms with van der Waals surface area (Å²) in [6.45, 7) is 4.47. The van der Waals surface area contributed by atoms with Crippen LogP contribution in [-0.4, -0.2) is 19.3 Å². The highest BCUT2D eigenvalue weighted by Gasteiger charge is 2.37. The molecule has 106 valence electrons. The molecule has 1 aromatic carbocycles. The summed E-state index contributed by atoms with van der Waals surface area (Å²) < 4.78 is 10.6. The van der Waals surface area contributed by atoms with Crippen molar-refractivity contribution in [3.05, 3.63) is 23.8 Å². The van der Waals surface area contributed by atoms with E-state index in [1.165, 1.54) is 0 Å². The van der Waals surface area contributed by atoms with Crippen molar-refractivity contribution in [1.29, 1.82) is 0 Å². The summed E-state index contributed by atoms with van der Waals surface area (Å²) in [5.41, 5.74) is 0.149. The minimum atomic E-state index is -0.756. The van der Waals surface area contributed by atoms with Gasteiger partial charge in [0.15, 0.2) is 0 Å². The number of hydrogen-bond donors (Lipinski definition) is 1. The molecule has 1 aliphatic rings. The number of hydrogen-bond acceptors (Lipinski definition) is 3. The molecule has 0 radical (unpaired) electrons. The third-order valence-corrected chi connectivity index (χ3v) is 4.53. The fraction of sp³-hybridized carbons (Fsp3) is 0.625. The molecule has 0 aromatic heterocycles. The molecule has 1 N–H and O–H groups in total. The van der Waals surface area contributed by atoms with Gasteiger partial charge in [-0.1, -0.05) is 13.8 Å². The summed E-state index contributed by atoms with van der Waals surface area (Å²) in [5.74, 6) is 2.66. The van der Waals surface area contributed by atoms with Crippen LogP contribution >= 0.6 is 0 Å². The summed E-state index contributed by atoms with van der Waals surface area (Å²) in [5, 5.41) is 11.0. The van der Waals surface area contributed by atoms with Gasteiger partial charge in [-0.25, -0.2) is 0 Å². The zero-order valence-corrected chi connectivity index (χ0v) is 12.3. The van der Waals surface area contributed by atoms with Gasteiger partial charge in [-0.2, -0.15) is 0 Å². The van der Waals surface area contributed by atoms with Crippen LogP contribution in [-0.2, 0) is 5.60 Å². The summed E-state index contributed by atoms with van der Waals surface area (Å²) in [4.78, 5) is 0. The Morgan fingerprint density at radius 3 is 2.11 bits per heavy atom. The maximum absolute atomic E-state index is 11.0. The third kappa shape index (κ3) is 2.86. The molecule has 0 heterocycles. The molecule has 2 rings (SSSR count). The molecule has 3 heteroatoms. The molecule has 0 amide bonds. The topological polar surface area (TPSA) is 38.7 Å². The smallest absolute Gasteiger partial charge is 0.122 e. The zero-order chi connectivity index (χ0) is 14.0. The van der Waals surface area contributed by atoms with Gasteiger partial charge >= 0.3 is 0 Å². The Balaban J connectivity index is 2.34. The molecule has 1 aliphatic carbocycles. The van der Waals surface area contributed by atoms with E-state index in [1.807, 2.05) is 18.2 Å². The van der Waals surface area contributed by atoms with E-state index in [0.29, 0.717) is 11.8 Å². The molecule has 0 aliphatic heterocycles. The fourth-order valence-corrected chi connectivity index (χ4v) is 2.93. The molecule has 1 aromatic rings. The van der Waals surface area contributed by atoms with E-state index in [0.717, 1.165) is 36.3 Å². The first-order chi connectivity index (χ1) is 8.98. The van der Waals surface area contributed by atoms with E-state index in [2.05, 4.69) is 13.8 Å². The molecule has 1 saturated carbocycles. The second kappa shape index (κ2) is 5.41. The molecule has 0 bridgehead atoms. The SMILES string of the molecule is COc1cc(OC)cc(C2(O)CCC(C)C(C)C2)c1. The normalized spacial score (nSPS) is 31.0. The van der Waals surface area contributed by atoms with Gasteiger partial charge in [-0.05, 0) is 48.8 Å². The van der Waals surface area contributed by atoms with Crippen molar-refractivity contribution in [2.24, 2.45) is 11.8 Å². The highest BCUT2D eigenvalue weighted by molar-refractivity contribution is 5.41. The van der Waals surface area contributed by atoms with Crippen molar-refractivity contribution in [3.8, 4) is 11.5 Å². The Bertz CT molecular complexity index is 421. The molecule has 1 fully saturated rings. The number of methoxy groups -OCH3 is 2. The Morgan fingerprint density at radius 2 is 1.63 bits per heavy atom. The average Bonchev–Trinajstić information content (AvgIpc) is 2.42. The third-order valence-electron chi connectivity index (χ3n) is 4.53.